The number of aliphatic carboxylic acids is 1. The number of carboxylic acid groups (broad SMARTS) is 1. The van der Waals surface area contributed by atoms with E-state index in [0.717, 1.165) is 27.9 Å². The van der Waals surface area contributed by atoms with Gasteiger partial charge in [0.05, 0.1) is 46.4 Å². The first kappa shape index (κ1) is 29.8. The maximum atomic E-state index is 14.4. The number of carbonyl (C=O) groups is 2. The van der Waals surface area contributed by atoms with Crippen LogP contribution < -0.4 is 0 Å². The highest BCUT2D eigenvalue weighted by atomic mass is 35.5. The van der Waals surface area contributed by atoms with Crippen LogP contribution in [0, 0.1) is 11.7 Å². The van der Waals surface area contributed by atoms with Crippen LogP contribution in [-0.2, 0) is 17.5 Å². The second kappa shape index (κ2) is 12.1. The van der Waals surface area contributed by atoms with Crippen molar-refractivity contribution in [1.82, 2.24) is 19.7 Å². The molecule has 1 aliphatic rings. The maximum absolute atomic E-state index is 14.4. The summed E-state index contributed by atoms with van der Waals surface area (Å²) in [5.74, 6) is -3.28. The van der Waals surface area contributed by atoms with Crippen molar-refractivity contribution in [3.8, 4) is 0 Å². The number of nitrogens with zero attached hydrogens (tertiary/aromatic N) is 4. The van der Waals surface area contributed by atoms with Gasteiger partial charge in [-0.05, 0) is 43.4 Å². The Morgan fingerprint density at radius 3 is 2.20 bits per heavy atom. The van der Waals surface area contributed by atoms with E-state index in [1.54, 1.807) is 0 Å². The molecule has 8 nitrogen and oxygen atoms in total. The lowest BCUT2D eigenvalue weighted by molar-refractivity contribution is -0.147. The number of benzene rings is 1. The number of carboxylic acids is 1. The lowest BCUT2D eigenvalue weighted by Crippen LogP contribution is -2.36. The average Bonchev–Trinajstić information content (AvgIpc) is 3.35. The first-order chi connectivity index (χ1) is 18.9. The number of rotatable bonds is 8. The molecular formula is C26H24Cl2F4N4O4. The van der Waals surface area contributed by atoms with Gasteiger partial charge in [-0.25, -0.2) is 4.39 Å². The van der Waals surface area contributed by atoms with Gasteiger partial charge in [-0.3, -0.25) is 19.3 Å². The van der Waals surface area contributed by atoms with Gasteiger partial charge >= 0.3 is 12.1 Å². The molecule has 1 aromatic carbocycles. The van der Waals surface area contributed by atoms with Gasteiger partial charge in [0, 0.05) is 24.5 Å². The molecule has 1 saturated carbocycles. The number of aliphatic hydroxyl groups is 1. The third-order valence-corrected chi connectivity index (χ3v) is 7.48. The van der Waals surface area contributed by atoms with Crippen molar-refractivity contribution >= 4 is 35.1 Å². The van der Waals surface area contributed by atoms with E-state index in [0.29, 0.717) is 5.56 Å². The third-order valence-electron chi connectivity index (χ3n) is 6.88. The molecular weight excluding hydrogens is 579 g/mol. The zero-order valence-corrected chi connectivity index (χ0v) is 22.3. The predicted octanol–water partition coefficient (Wildman–Crippen LogP) is 5.93. The SMILES string of the molecule is O=C(O)C1CCC(n2ncc(C(=O)N(Cc3ccc(F)cc3)CC(O)c3c(Cl)cncc3Cl)c2C(F)(F)F)CC1. The van der Waals surface area contributed by atoms with E-state index in [1.807, 2.05) is 0 Å². The Hall–Kier alpha value is -3.22. The molecule has 0 aliphatic heterocycles. The summed E-state index contributed by atoms with van der Waals surface area (Å²) in [5, 5.41) is 24.1. The van der Waals surface area contributed by atoms with Crippen LogP contribution >= 0.6 is 23.2 Å². The number of pyridine rings is 1. The fraction of sp³-hybridized carbons (Fsp3) is 0.385. The summed E-state index contributed by atoms with van der Waals surface area (Å²) in [6.45, 7) is -0.783. The molecule has 1 atom stereocenters. The van der Waals surface area contributed by atoms with E-state index >= 15 is 0 Å². The highest BCUT2D eigenvalue weighted by molar-refractivity contribution is 6.35. The number of alkyl halides is 3. The van der Waals surface area contributed by atoms with E-state index in [4.69, 9.17) is 23.2 Å². The number of aliphatic hydroxyl groups excluding tert-OH is 1. The van der Waals surface area contributed by atoms with Crippen LogP contribution in [0.2, 0.25) is 10.0 Å². The molecule has 3 aromatic rings. The van der Waals surface area contributed by atoms with Crippen molar-refractivity contribution in [3.63, 3.8) is 0 Å². The molecule has 2 N–H and O–H groups in total. The molecule has 2 aromatic heterocycles. The lowest BCUT2D eigenvalue weighted by Gasteiger charge is -2.29. The van der Waals surface area contributed by atoms with Gasteiger partial charge in [0.2, 0.25) is 0 Å². The molecule has 214 valence electrons. The molecule has 40 heavy (non-hydrogen) atoms. The number of halogens is 6. The van der Waals surface area contributed by atoms with E-state index < -0.39 is 59.7 Å². The minimum absolute atomic E-state index is 0.00468. The molecule has 4 rings (SSSR count). The lowest BCUT2D eigenvalue weighted by atomic mass is 9.86. The first-order valence-electron chi connectivity index (χ1n) is 12.2. The Balaban J connectivity index is 1.69. The Bertz CT molecular complexity index is 1360. The van der Waals surface area contributed by atoms with Gasteiger partial charge in [0.1, 0.15) is 5.82 Å². The summed E-state index contributed by atoms with van der Waals surface area (Å²) in [7, 11) is 0. The summed E-state index contributed by atoms with van der Waals surface area (Å²) in [5.41, 5.74) is -1.58. The number of aromatic nitrogens is 3. The molecule has 14 heteroatoms. The molecule has 2 heterocycles. The molecule has 1 fully saturated rings. The molecule has 0 saturated heterocycles. The monoisotopic (exact) mass is 602 g/mol. The number of amides is 1. The molecule has 1 amide bonds. The van der Waals surface area contributed by atoms with E-state index in [1.165, 1.54) is 24.5 Å². The smallest absolute Gasteiger partial charge is 0.433 e. The number of hydrogen-bond acceptors (Lipinski definition) is 5. The quantitative estimate of drug-likeness (QED) is 0.309. The van der Waals surface area contributed by atoms with Gasteiger partial charge in [-0.1, -0.05) is 35.3 Å². The summed E-state index contributed by atoms with van der Waals surface area (Å²) in [6, 6.07) is 4.25. The fourth-order valence-electron chi connectivity index (χ4n) is 4.89. The minimum Gasteiger partial charge on any atom is -0.481 e. The summed E-state index contributed by atoms with van der Waals surface area (Å²) in [4.78, 5) is 29.7. The van der Waals surface area contributed by atoms with Crippen LogP contribution in [-0.4, -0.2) is 48.3 Å². The van der Waals surface area contributed by atoms with Gasteiger partial charge in [-0.2, -0.15) is 18.3 Å². The third kappa shape index (κ3) is 6.56. The zero-order valence-electron chi connectivity index (χ0n) is 20.8. The largest absolute Gasteiger partial charge is 0.481 e. The van der Waals surface area contributed by atoms with Crippen molar-refractivity contribution in [2.45, 2.75) is 50.6 Å². The van der Waals surface area contributed by atoms with Crippen molar-refractivity contribution < 1.29 is 37.4 Å². The summed E-state index contributed by atoms with van der Waals surface area (Å²) >= 11 is 12.3. The normalized spacial score (nSPS) is 18.4. The van der Waals surface area contributed by atoms with Gasteiger partial charge < -0.3 is 15.1 Å². The van der Waals surface area contributed by atoms with Gasteiger partial charge in [-0.15, -0.1) is 0 Å². The Labute approximate surface area is 236 Å². The van der Waals surface area contributed by atoms with Crippen LogP contribution in [0.3, 0.4) is 0 Å². The van der Waals surface area contributed by atoms with E-state index in [2.05, 4.69) is 10.1 Å². The van der Waals surface area contributed by atoms with Crippen molar-refractivity contribution in [2.24, 2.45) is 5.92 Å². The zero-order chi connectivity index (χ0) is 29.2. The highest BCUT2D eigenvalue weighted by Crippen LogP contribution is 2.39. The average molecular weight is 603 g/mol. The van der Waals surface area contributed by atoms with Crippen molar-refractivity contribution in [1.29, 1.82) is 0 Å². The van der Waals surface area contributed by atoms with E-state index in [-0.39, 0.29) is 47.8 Å². The van der Waals surface area contributed by atoms with Crippen LogP contribution in [0.15, 0.2) is 42.9 Å². The Morgan fingerprint density at radius 1 is 1.05 bits per heavy atom. The summed E-state index contributed by atoms with van der Waals surface area (Å²) < 4.78 is 57.3. The summed E-state index contributed by atoms with van der Waals surface area (Å²) in [6.07, 6.45) is -2.55. The first-order valence-corrected chi connectivity index (χ1v) is 13.0. The number of carbonyl (C=O) groups excluding carboxylic acids is 1. The van der Waals surface area contributed by atoms with Crippen LogP contribution in [0.4, 0.5) is 17.6 Å². The van der Waals surface area contributed by atoms with Crippen LogP contribution in [0.1, 0.15) is 65.0 Å². The fourth-order valence-corrected chi connectivity index (χ4v) is 5.50. The molecule has 0 spiro atoms. The highest BCUT2D eigenvalue weighted by Gasteiger charge is 2.43. The van der Waals surface area contributed by atoms with Crippen molar-refractivity contribution in [3.05, 3.63) is 81.1 Å². The Morgan fingerprint density at radius 2 is 1.65 bits per heavy atom. The van der Waals surface area contributed by atoms with Gasteiger partial charge in [0.25, 0.3) is 5.91 Å². The second-order valence-corrected chi connectivity index (χ2v) is 10.4. The minimum atomic E-state index is -4.97. The molecule has 1 unspecified atom stereocenters. The predicted molar refractivity (Wildman–Crippen MR) is 136 cm³/mol. The number of hydrogen-bond donors (Lipinski definition) is 2. The van der Waals surface area contributed by atoms with Crippen LogP contribution in [0.5, 0.6) is 0 Å². The molecule has 0 bridgehead atoms. The standard InChI is InChI=1S/C26H24Cl2F4N4O4/c27-19-10-33-11-20(28)22(19)21(37)13-35(12-14-1-5-16(29)6-2-14)24(38)18-9-34-36(23(18)26(30,31)32)17-7-3-15(4-8-17)25(39)40/h1-2,5-6,9-11,15,17,21,37H,3-4,7-8,12-13H2,(H,39,40). The molecule has 1 aliphatic carbocycles. The van der Waals surface area contributed by atoms with Crippen LogP contribution in [0.25, 0.3) is 0 Å². The maximum Gasteiger partial charge on any atom is 0.433 e. The second-order valence-electron chi connectivity index (χ2n) is 9.54. The Kier molecular flexibility index (Phi) is 9.01. The van der Waals surface area contributed by atoms with Crippen molar-refractivity contribution in [2.75, 3.05) is 6.54 Å². The molecule has 0 radical (unpaired) electrons. The van der Waals surface area contributed by atoms with E-state index in [9.17, 15) is 37.4 Å². The van der Waals surface area contributed by atoms with Gasteiger partial charge in [0.15, 0.2) is 5.69 Å². The topological polar surface area (TPSA) is 109 Å².